The standard InChI is InChI=1S/C23H32N6O9/c24-13(11-19(32)33)20(34)27-14(6-8-17(25)30)21(35)28-15(7-9-18(26)31)22(36)29-16(23(37)38)10-12-4-2-1-3-5-12/h1-5,13-16H,6-11,24H2,(H2,25,30)(H2,26,31)(H,27,34)(H,28,35)(H,29,36)(H,32,33)(H,37,38). The minimum atomic E-state index is -1.51. The Morgan fingerprint density at radius 1 is 0.711 bits per heavy atom. The van der Waals surface area contributed by atoms with E-state index >= 15 is 0 Å². The maximum absolute atomic E-state index is 13.0. The zero-order chi connectivity index (χ0) is 28.8. The van der Waals surface area contributed by atoms with Gasteiger partial charge in [0, 0.05) is 19.3 Å². The number of nitrogens with one attached hydrogen (secondary N) is 3. The maximum Gasteiger partial charge on any atom is 0.326 e. The number of amides is 5. The predicted octanol–water partition coefficient (Wildman–Crippen LogP) is -2.90. The van der Waals surface area contributed by atoms with Crippen molar-refractivity contribution in [1.29, 1.82) is 0 Å². The quantitative estimate of drug-likeness (QED) is 0.100. The Morgan fingerprint density at radius 2 is 1.16 bits per heavy atom. The van der Waals surface area contributed by atoms with Gasteiger partial charge in [-0.2, -0.15) is 0 Å². The van der Waals surface area contributed by atoms with Crippen LogP contribution in [0, 0.1) is 0 Å². The van der Waals surface area contributed by atoms with Crippen molar-refractivity contribution < 1.29 is 43.8 Å². The molecular formula is C23H32N6O9. The van der Waals surface area contributed by atoms with Gasteiger partial charge in [0.05, 0.1) is 12.5 Å². The van der Waals surface area contributed by atoms with Crippen molar-refractivity contribution in [3.05, 3.63) is 35.9 Å². The normalized spacial score (nSPS) is 13.7. The van der Waals surface area contributed by atoms with E-state index in [4.69, 9.17) is 22.3 Å². The largest absolute Gasteiger partial charge is 0.481 e. The van der Waals surface area contributed by atoms with Crippen molar-refractivity contribution >= 4 is 41.5 Å². The van der Waals surface area contributed by atoms with E-state index in [0.717, 1.165) is 0 Å². The van der Waals surface area contributed by atoms with Gasteiger partial charge in [-0.25, -0.2) is 4.79 Å². The topological polar surface area (TPSA) is 274 Å². The molecule has 0 bridgehead atoms. The van der Waals surface area contributed by atoms with Gasteiger partial charge in [-0.3, -0.25) is 28.8 Å². The summed E-state index contributed by atoms with van der Waals surface area (Å²) >= 11 is 0. The Hall–Kier alpha value is -4.53. The molecule has 1 aromatic rings. The lowest BCUT2D eigenvalue weighted by atomic mass is 10.0. The maximum atomic E-state index is 13.0. The molecule has 0 heterocycles. The Morgan fingerprint density at radius 3 is 1.58 bits per heavy atom. The summed E-state index contributed by atoms with van der Waals surface area (Å²) in [5.74, 6) is -7.25. The number of primary amides is 2. The Balaban J connectivity index is 3.07. The number of carbonyl (C=O) groups is 7. The molecule has 0 saturated carbocycles. The molecular weight excluding hydrogens is 504 g/mol. The second-order valence-corrected chi connectivity index (χ2v) is 8.43. The van der Waals surface area contributed by atoms with Gasteiger partial charge in [0.25, 0.3) is 0 Å². The molecule has 15 heteroatoms. The molecule has 15 nitrogen and oxygen atoms in total. The fraction of sp³-hybridized carbons (Fsp3) is 0.435. The van der Waals surface area contributed by atoms with Crippen molar-refractivity contribution in [2.45, 2.75) is 62.7 Å². The first-order valence-corrected chi connectivity index (χ1v) is 11.5. The molecule has 0 aromatic heterocycles. The van der Waals surface area contributed by atoms with Gasteiger partial charge in [-0.1, -0.05) is 30.3 Å². The van der Waals surface area contributed by atoms with E-state index in [1.54, 1.807) is 30.3 Å². The van der Waals surface area contributed by atoms with Crippen LogP contribution >= 0.6 is 0 Å². The first kappa shape index (κ1) is 31.5. The van der Waals surface area contributed by atoms with Crippen molar-refractivity contribution in [3.8, 4) is 0 Å². The number of carboxylic acids is 2. The number of rotatable bonds is 17. The highest BCUT2D eigenvalue weighted by atomic mass is 16.4. The van der Waals surface area contributed by atoms with Crippen molar-refractivity contribution in [1.82, 2.24) is 16.0 Å². The van der Waals surface area contributed by atoms with Crippen molar-refractivity contribution in [2.24, 2.45) is 17.2 Å². The van der Waals surface area contributed by atoms with Crippen LogP contribution in [0.25, 0.3) is 0 Å². The molecule has 11 N–H and O–H groups in total. The van der Waals surface area contributed by atoms with E-state index < -0.39 is 72.1 Å². The van der Waals surface area contributed by atoms with Gasteiger partial charge < -0.3 is 43.4 Å². The fourth-order valence-electron chi connectivity index (χ4n) is 3.26. The number of carboxylic acid groups (broad SMARTS) is 2. The molecule has 1 aromatic carbocycles. The van der Waals surface area contributed by atoms with Crippen molar-refractivity contribution in [3.63, 3.8) is 0 Å². The molecule has 4 unspecified atom stereocenters. The average molecular weight is 537 g/mol. The second-order valence-electron chi connectivity index (χ2n) is 8.43. The summed E-state index contributed by atoms with van der Waals surface area (Å²) in [5.41, 5.74) is 16.4. The summed E-state index contributed by atoms with van der Waals surface area (Å²) in [6.45, 7) is 0. The van der Waals surface area contributed by atoms with Crippen LogP contribution in [0.3, 0.4) is 0 Å². The molecule has 0 aliphatic heterocycles. The minimum Gasteiger partial charge on any atom is -0.481 e. The highest BCUT2D eigenvalue weighted by Crippen LogP contribution is 2.07. The van der Waals surface area contributed by atoms with Gasteiger partial charge >= 0.3 is 11.9 Å². The predicted molar refractivity (Wildman–Crippen MR) is 131 cm³/mol. The number of hydrogen-bond acceptors (Lipinski definition) is 8. The molecule has 0 aliphatic carbocycles. The van der Waals surface area contributed by atoms with Crippen LogP contribution in [-0.2, 0) is 40.0 Å². The van der Waals surface area contributed by atoms with Crippen LogP contribution in [0.2, 0.25) is 0 Å². The zero-order valence-electron chi connectivity index (χ0n) is 20.4. The highest BCUT2D eigenvalue weighted by molar-refractivity contribution is 5.95. The van der Waals surface area contributed by atoms with E-state index in [1.807, 2.05) is 0 Å². The van der Waals surface area contributed by atoms with Gasteiger partial charge in [-0.15, -0.1) is 0 Å². The van der Waals surface area contributed by atoms with Gasteiger partial charge in [-0.05, 0) is 18.4 Å². The lowest BCUT2D eigenvalue weighted by Crippen LogP contribution is -2.57. The monoisotopic (exact) mass is 536 g/mol. The van der Waals surface area contributed by atoms with Crippen LogP contribution in [0.15, 0.2) is 30.3 Å². The smallest absolute Gasteiger partial charge is 0.326 e. The van der Waals surface area contributed by atoms with Crippen LogP contribution in [0.1, 0.15) is 37.7 Å². The Kier molecular flexibility index (Phi) is 12.9. The first-order valence-electron chi connectivity index (χ1n) is 11.5. The molecule has 0 fully saturated rings. The number of benzene rings is 1. The molecule has 1 rings (SSSR count). The Labute approximate surface area is 217 Å². The van der Waals surface area contributed by atoms with Crippen LogP contribution in [0.5, 0.6) is 0 Å². The first-order chi connectivity index (χ1) is 17.8. The molecule has 38 heavy (non-hydrogen) atoms. The minimum absolute atomic E-state index is 0.0723. The van der Waals surface area contributed by atoms with Gasteiger partial charge in [0.2, 0.25) is 29.5 Å². The lowest BCUT2D eigenvalue weighted by Gasteiger charge is -2.25. The zero-order valence-corrected chi connectivity index (χ0v) is 20.4. The average Bonchev–Trinajstić information content (AvgIpc) is 2.83. The van der Waals surface area contributed by atoms with Crippen LogP contribution < -0.4 is 33.2 Å². The fourth-order valence-corrected chi connectivity index (χ4v) is 3.26. The van der Waals surface area contributed by atoms with Crippen LogP contribution in [-0.4, -0.2) is 75.9 Å². The summed E-state index contributed by atoms with van der Waals surface area (Å²) < 4.78 is 0. The third-order valence-electron chi connectivity index (χ3n) is 5.25. The molecule has 208 valence electrons. The van der Waals surface area contributed by atoms with Gasteiger partial charge in [0.1, 0.15) is 18.1 Å². The van der Waals surface area contributed by atoms with E-state index in [9.17, 15) is 38.7 Å². The number of nitrogens with two attached hydrogens (primary N) is 3. The summed E-state index contributed by atoms with van der Waals surface area (Å²) in [6.07, 6.45) is -2.14. The molecule has 0 aliphatic rings. The SMILES string of the molecule is NC(=O)CCC(NC(=O)C(N)CC(=O)O)C(=O)NC(CCC(N)=O)C(=O)NC(Cc1ccccc1)C(=O)O. The van der Waals surface area contributed by atoms with Crippen LogP contribution in [0.4, 0.5) is 0 Å². The number of aliphatic carboxylic acids is 2. The van der Waals surface area contributed by atoms with E-state index in [1.165, 1.54) is 0 Å². The van der Waals surface area contributed by atoms with E-state index in [2.05, 4.69) is 16.0 Å². The lowest BCUT2D eigenvalue weighted by molar-refractivity contribution is -0.142. The third kappa shape index (κ3) is 11.9. The second kappa shape index (κ2) is 15.6. The van der Waals surface area contributed by atoms with E-state index in [0.29, 0.717) is 5.56 Å². The third-order valence-corrected chi connectivity index (χ3v) is 5.25. The van der Waals surface area contributed by atoms with E-state index in [-0.39, 0.29) is 32.1 Å². The highest BCUT2D eigenvalue weighted by Gasteiger charge is 2.31. The number of hydrogen-bond donors (Lipinski definition) is 8. The molecule has 0 radical (unpaired) electrons. The summed E-state index contributed by atoms with van der Waals surface area (Å²) in [5, 5.41) is 25.2. The molecule has 5 amide bonds. The number of carbonyl (C=O) groups excluding carboxylic acids is 5. The molecule has 0 saturated heterocycles. The van der Waals surface area contributed by atoms with Crippen molar-refractivity contribution in [2.75, 3.05) is 0 Å². The summed E-state index contributed by atoms with van der Waals surface area (Å²) in [6, 6.07) is 2.63. The Bertz CT molecular complexity index is 1030. The molecule has 4 atom stereocenters. The summed E-state index contributed by atoms with van der Waals surface area (Å²) in [4.78, 5) is 83.3. The van der Waals surface area contributed by atoms with Gasteiger partial charge in [0.15, 0.2) is 0 Å². The molecule has 0 spiro atoms. The summed E-state index contributed by atoms with van der Waals surface area (Å²) in [7, 11) is 0.